The molecule has 1 aromatic rings. The number of anilines is 1. The summed E-state index contributed by atoms with van der Waals surface area (Å²) >= 11 is 0. The van der Waals surface area contributed by atoms with Gasteiger partial charge < -0.3 is 15.8 Å². The van der Waals surface area contributed by atoms with Crippen LogP contribution in [0.2, 0.25) is 0 Å². The number of hydrogen-bond acceptors (Lipinski definition) is 3. The summed E-state index contributed by atoms with van der Waals surface area (Å²) in [6.45, 7) is 0.422. The van der Waals surface area contributed by atoms with E-state index in [1.54, 1.807) is 7.11 Å². The molecular weight excluding hydrogens is 321 g/mol. The van der Waals surface area contributed by atoms with Gasteiger partial charge in [-0.3, -0.25) is 4.79 Å². The predicted octanol–water partition coefficient (Wildman–Crippen LogP) is 3.70. The number of amides is 1. The van der Waals surface area contributed by atoms with E-state index in [1.807, 2.05) is 0 Å². The maximum Gasteiger partial charge on any atom is 0.416 e. The quantitative estimate of drug-likeness (QED) is 0.827. The second-order valence-corrected chi connectivity index (χ2v) is 6.30. The molecule has 24 heavy (non-hydrogen) atoms. The van der Waals surface area contributed by atoms with Crippen molar-refractivity contribution in [3.8, 4) is 0 Å². The molecular formula is C17H23F3N2O2. The molecule has 0 radical (unpaired) electrons. The Bertz CT molecular complexity index is 582. The van der Waals surface area contributed by atoms with Crippen LogP contribution in [0.1, 0.15) is 43.2 Å². The normalized spacial score (nSPS) is 17.0. The number of halogens is 3. The topological polar surface area (TPSA) is 64.3 Å². The minimum Gasteiger partial charge on any atom is -0.385 e. The van der Waals surface area contributed by atoms with Gasteiger partial charge in [0.2, 0.25) is 5.91 Å². The summed E-state index contributed by atoms with van der Waals surface area (Å²) in [5.41, 5.74) is 4.58. The summed E-state index contributed by atoms with van der Waals surface area (Å²) in [6, 6.07) is 3.45. The summed E-state index contributed by atoms with van der Waals surface area (Å²) in [4.78, 5) is 12.7. The number of rotatable bonds is 6. The third-order valence-corrected chi connectivity index (χ3v) is 4.64. The summed E-state index contributed by atoms with van der Waals surface area (Å²) in [5, 5.41) is 2.67. The Kier molecular flexibility index (Phi) is 5.87. The molecule has 1 saturated carbocycles. The highest BCUT2D eigenvalue weighted by molar-refractivity contribution is 5.95. The Hall–Kier alpha value is -1.60. The maximum absolute atomic E-state index is 13.0. The Morgan fingerprint density at radius 1 is 1.29 bits per heavy atom. The number of methoxy groups -OCH3 is 1. The maximum atomic E-state index is 13.0. The van der Waals surface area contributed by atoms with E-state index in [9.17, 15) is 18.0 Å². The van der Waals surface area contributed by atoms with Crippen molar-refractivity contribution in [1.82, 2.24) is 0 Å². The number of hydrogen-bond donors (Lipinski definition) is 2. The van der Waals surface area contributed by atoms with Crippen LogP contribution < -0.4 is 11.1 Å². The fourth-order valence-corrected chi connectivity index (χ4v) is 3.25. The summed E-state index contributed by atoms with van der Waals surface area (Å²) < 4.78 is 44.1. The third-order valence-electron chi connectivity index (χ3n) is 4.64. The first-order valence-corrected chi connectivity index (χ1v) is 8.02. The lowest BCUT2D eigenvalue weighted by molar-refractivity contribution is -0.137. The monoisotopic (exact) mass is 344 g/mol. The van der Waals surface area contributed by atoms with Crippen molar-refractivity contribution in [3.63, 3.8) is 0 Å². The fourth-order valence-electron chi connectivity index (χ4n) is 3.25. The largest absolute Gasteiger partial charge is 0.416 e. The lowest BCUT2D eigenvalue weighted by atomic mass is 9.82. The van der Waals surface area contributed by atoms with Gasteiger partial charge in [0, 0.05) is 25.9 Å². The van der Waals surface area contributed by atoms with Gasteiger partial charge in [0.15, 0.2) is 0 Å². The number of benzene rings is 1. The van der Waals surface area contributed by atoms with Gasteiger partial charge in [0.05, 0.1) is 11.0 Å². The first-order chi connectivity index (χ1) is 11.3. The Morgan fingerprint density at radius 3 is 2.50 bits per heavy atom. The predicted molar refractivity (Wildman–Crippen MR) is 85.4 cm³/mol. The molecule has 1 fully saturated rings. The van der Waals surface area contributed by atoms with Crippen LogP contribution in [0.15, 0.2) is 18.2 Å². The molecule has 0 aliphatic heterocycles. The Balaban J connectivity index is 2.24. The van der Waals surface area contributed by atoms with Crippen LogP contribution in [0.3, 0.4) is 0 Å². The molecule has 1 aliphatic rings. The van der Waals surface area contributed by atoms with E-state index in [2.05, 4.69) is 5.32 Å². The molecule has 134 valence electrons. The van der Waals surface area contributed by atoms with Crippen LogP contribution >= 0.6 is 0 Å². The van der Waals surface area contributed by atoms with Crippen molar-refractivity contribution < 1.29 is 22.7 Å². The zero-order valence-corrected chi connectivity index (χ0v) is 13.7. The highest BCUT2D eigenvalue weighted by Crippen LogP contribution is 2.42. The van der Waals surface area contributed by atoms with Crippen LogP contribution in [-0.4, -0.2) is 19.6 Å². The van der Waals surface area contributed by atoms with Gasteiger partial charge in [0.1, 0.15) is 0 Å². The zero-order valence-electron chi connectivity index (χ0n) is 13.7. The number of carbonyl (C=O) groups is 1. The van der Waals surface area contributed by atoms with Crippen LogP contribution in [0.4, 0.5) is 18.9 Å². The second kappa shape index (κ2) is 7.53. The molecule has 0 unspecified atom stereocenters. The van der Waals surface area contributed by atoms with Crippen molar-refractivity contribution in [2.45, 2.75) is 44.8 Å². The molecule has 7 heteroatoms. The average Bonchev–Trinajstić information content (AvgIpc) is 3.02. The van der Waals surface area contributed by atoms with E-state index in [-0.39, 0.29) is 18.1 Å². The second-order valence-electron chi connectivity index (χ2n) is 6.30. The highest BCUT2D eigenvalue weighted by Gasteiger charge is 2.41. The van der Waals surface area contributed by atoms with Gasteiger partial charge in [-0.1, -0.05) is 12.8 Å². The molecule has 0 spiro atoms. The first kappa shape index (κ1) is 18.7. The number of ether oxygens (including phenoxy) is 1. The van der Waals surface area contributed by atoms with Crippen LogP contribution in [0.25, 0.3) is 0 Å². The van der Waals surface area contributed by atoms with Gasteiger partial charge in [-0.05, 0) is 43.0 Å². The molecule has 2 rings (SSSR count). The van der Waals surface area contributed by atoms with Crippen LogP contribution in [0.5, 0.6) is 0 Å². The molecule has 3 N–H and O–H groups in total. The Labute approximate surface area is 139 Å². The zero-order chi connectivity index (χ0) is 17.8. The SMILES string of the molecule is COCCC1(C(=O)Nc2cc(CN)cc(C(F)(F)F)c2)CCCC1. The summed E-state index contributed by atoms with van der Waals surface area (Å²) in [6.07, 6.45) is -0.582. The fraction of sp³-hybridized carbons (Fsp3) is 0.588. The van der Waals surface area contributed by atoms with E-state index in [4.69, 9.17) is 10.5 Å². The minimum absolute atomic E-state index is 0.0262. The first-order valence-electron chi connectivity index (χ1n) is 8.02. The standard InChI is InChI=1S/C17H23F3N2O2/c1-24-7-6-16(4-2-3-5-16)15(23)22-14-9-12(11-21)8-13(10-14)17(18,19)20/h8-10H,2-7,11,21H2,1H3,(H,22,23). The van der Waals surface area contributed by atoms with E-state index < -0.39 is 17.2 Å². The average molecular weight is 344 g/mol. The molecule has 0 saturated heterocycles. The van der Waals surface area contributed by atoms with Crippen LogP contribution in [0, 0.1) is 5.41 Å². The molecule has 0 aromatic heterocycles. The van der Waals surface area contributed by atoms with E-state index in [0.29, 0.717) is 18.6 Å². The van der Waals surface area contributed by atoms with Crippen molar-refractivity contribution >= 4 is 11.6 Å². The van der Waals surface area contributed by atoms with Crippen molar-refractivity contribution in [1.29, 1.82) is 0 Å². The van der Waals surface area contributed by atoms with Crippen molar-refractivity contribution in [2.24, 2.45) is 11.1 Å². The van der Waals surface area contributed by atoms with E-state index in [1.165, 1.54) is 6.07 Å². The summed E-state index contributed by atoms with van der Waals surface area (Å²) in [7, 11) is 1.57. The molecule has 0 atom stereocenters. The molecule has 1 amide bonds. The van der Waals surface area contributed by atoms with Crippen molar-refractivity contribution in [2.75, 3.05) is 19.0 Å². The molecule has 0 heterocycles. The van der Waals surface area contributed by atoms with E-state index >= 15 is 0 Å². The third kappa shape index (κ3) is 4.27. The summed E-state index contributed by atoms with van der Waals surface area (Å²) in [5.74, 6) is -0.237. The minimum atomic E-state index is -4.48. The number of nitrogens with two attached hydrogens (primary N) is 1. The van der Waals surface area contributed by atoms with Gasteiger partial charge in [0.25, 0.3) is 0 Å². The van der Waals surface area contributed by atoms with Gasteiger partial charge in [-0.25, -0.2) is 0 Å². The molecule has 1 aromatic carbocycles. The molecule has 0 bridgehead atoms. The number of carbonyl (C=O) groups excluding carboxylic acids is 1. The lowest BCUT2D eigenvalue weighted by Gasteiger charge is -2.27. The molecule has 4 nitrogen and oxygen atoms in total. The number of alkyl halides is 3. The Morgan fingerprint density at radius 2 is 1.96 bits per heavy atom. The lowest BCUT2D eigenvalue weighted by Crippen LogP contribution is -2.35. The van der Waals surface area contributed by atoms with Gasteiger partial charge in [-0.15, -0.1) is 0 Å². The smallest absolute Gasteiger partial charge is 0.385 e. The van der Waals surface area contributed by atoms with Crippen LogP contribution in [-0.2, 0) is 22.3 Å². The van der Waals surface area contributed by atoms with E-state index in [0.717, 1.165) is 37.8 Å². The number of nitrogens with one attached hydrogen (secondary N) is 1. The van der Waals surface area contributed by atoms with Gasteiger partial charge >= 0.3 is 6.18 Å². The molecule has 1 aliphatic carbocycles. The van der Waals surface area contributed by atoms with Gasteiger partial charge in [-0.2, -0.15) is 13.2 Å². The highest BCUT2D eigenvalue weighted by atomic mass is 19.4. The van der Waals surface area contributed by atoms with Crippen molar-refractivity contribution in [3.05, 3.63) is 29.3 Å².